The molecule has 0 aliphatic carbocycles. The molecule has 1 aromatic carbocycles. The first kappa shape index (κ1) is 22.0. The Hall–Kier alpha value is -1.28. The van der Waals surface area contributed by atoms with Crippen LogP contribution in [0.4, 0.5) is 0 Å². The summed E-state index contributed by atoms with van der Waals surface area (Å²) in [6.07, 6.45) is 2.06. The number of ether oxygens (including phenoxy) is 1. The van der Waals surface area contributed by atoms with Gasteiger partial charge in [-0.2, -0.15) is 0 Å². The van der Waals surface area contributed by atoms with E-state index in [4.69, 9.17) is 4.74 Å². The minimum Gasteiger partial charge on any atom is -0.384 e. The number of rotatable bonds is 8. The largest absolute Gasteiger partial charge is 0.384 e. The molecule has 3 rings (SSSR count). The number of H-pyrrole nitrogens is 1. The lowest BCUT2D eigenvalue weighted by Crippen LogP contribution is -2.47. The topological polar surface area (TPSA) is 79.0 Å². The molecule has 0 radical (unpaired) electrons. The summed E-state index contributed by atoms with van der Waals surface area (Å²) in [6.45, 7) is 5.42. The van der Waals surface area contributed by atoms with Crippen LogP contribution in [0.3, 0.4) is 0 Å². The van der Waals surface area contributed by atoms with Gasteiger partial charge in [0.25, 0.3) is 0 Å². The van der Waals surface area contributed by atoms with Gasteiger partial charge in [0.2, 0.25) is 5.91 Å². The van der Waals surface area contributed by atoms with Crippen molar-refractivity contribution in [2.75, 3.05) is 39.1 Å². The standard InChI is InChI=1S/C19H28N4O2S.ClH/c1-14(18-22-15-5-3-4-6-16(15)23-18)26-11-17(24)21-12-19(13-25-2)7-9-20-10-8-19;/h3-6,14,20H,7-13H2,1-2H3,(H,21,24)(H,22,23);1H. The molecule has 1 aromatic heterocycles. The fourth-order valence-electron chi connectivity index (χ4n) is 3.42. The van der Waals surface area contributed by atoms with Crippen LogP contribution in [-0.2, 0) is 9.53 Å². The Morgan fingerprint density at radius 2 is 2.11 bits per heavy atom. The van der Waals surface area contributed by atoms with Gasteiger partial charge < -0.3 is 20.4 Å². The highest BCUT2D eigenvalue weighted by Crippen LogP contribution is 2.29. The third-order valence-electron chi connectivity index (χ3n) is 5.03. The zero-order valence-electron chi connectivity index (χ0n) is 15.9. The van der Waals surface area contributed by atoms with Crippen molar-refractivity contribution in [3.05, 3.63) is 30.1 Å². The van der Waals surface area contributed by atoms with E-state index >= 15 is 0 Å². The summed E-state index contributed by atoms with van der Waals surface area (Å²) in [7, 11) is 1.73. The molecule has 1 atom stereocenters. The number of aromatic nitrogens is 2. The molecule has 0 spiro atoms. The molecule has 6 nitrogen and oxygen atoms in total. The minimum atomic E-state index is 0. The summed E-state index contributed by atoms with van der Waals surface area (Å²) >= 11 is 1.60. The van der Waals surface area contributed by atoms with Gasteiger partial charge in [-0.3, -0.25) is 4.79 Å². The molecule has 27 heavy (non-hydrogen) atoms. The summed E-state index contributed by atoms with van der Waals surface area (Å²) in [5, 5.41) is 6.62. The van der Waals surface area contributed by atoms with Crippen LogP contribution in [0.1, 0.15) is 30.8 Å². The maximum atomic E-state index is 12.3. The van der Waals surface area contributed by atoms with Crippen LogP contribution in [0, 0.1) is 5.41 Å². The van der Waals surface area contributed by atoms with Gasteiger partial charge in [-0.25, -0.2) is 4.98 Å². The molecular weight excluding hydrogens is 384 g/mol. The number of hydrogen-bond acceptors (Lipinski definition) is 5. The summed E-state index contributed by atoms with van der Waals surface area (Å²) in [5.41, 5.74) is 2.06. The highest BCUT2D eigenvalue weighted by atomic mass is 35.5. The van der Waals surface area contributed by atoms with Gasteiger partial charge >= 0.3 is 0 Å². The number of fused-ring (bicyclic) bond motifs is 1. The zero-order chi connectivity index (χ0) is 18.4. The molecule has 1 aliphatic heterocycles. The molecule has 1 saturated heterocycles. The van der Waals surface area contributed by atoms with E-state index in [0.29, 0.717) is 18.9 Å². The minimum absolute atomic E-state index is 0. The number of imidazole rings is 1. The maximum absolute atomic E-state index is 12.3. The molecule has 0 saturated carbocycles. The number of thioether (sulfide) groups is 1. The van der Waals surface area contributed by atoms with Gasteiger partial charge in [-0.05, 0) is 45.0 Å². The van der Waals surface area contributed by atoms with E-state index in [1.54, 1.807) is 18.9 Å². The number of halogens is 1. The summed E-state index contributed by atoms with van der Waals surface area (Å²) in [6, 6.07) is 7.99. The van der Waals surface area contributed by atoms with E-state index < -0.39 is 0 Å². The highest BCUT2D eigenvalue weighted by molar-refractivity contribution is 8.00. The number of hydrogen-bond donors (Lipinski definition) is 3. The lowest BCUT2D eigenvalue weighted by atomic mass is 9.79. The number of piperidine rings is 1. The fraction of sp³-hybridized carbons (Fsp3) is 0.579. The molecule has 1 unspecified atom stereocenters. The van der Waals surface area contributed by atoms with Gasteiger partial charge in [-0.1, -0.05) is 12.1 Å². The molecular formula is C19H29ClN4O2S. The number of nitrogens with zero attached hydrogens (tertiary/aromatic N) is 1. The number of methoxy groups -OCH3 is 1. The summed E-state index contributed by atoms with van der Waals surface area (Å²) in [5.74, 6) is 1.42. The molecule has 1 aliphatic rings. The lowest BCUT2D eigenvalue weighted by Gasteiger charge is -2.37. The molecule has 150 valence electrons. The van der Waals surface area contributed by atoms with Crippen LogP contribution in [0.25, 0.3) is 11.0 Å². The Morgan fingerprint density at radius 1 is 1.37 bits per heavy atom. The van der Waals surface area contributed by atoms with Gasteiger partial charge in [0, 0.05) is 19.1 Å². The molecule has 2 aromatic rings. The van der Waals surface area contributed by atoms with Gasteiger partial charge in [0.1, 0.15) is 5.82 Å². The predicted molar refractivity (Wildman–Crippen MR) is 114 cm³/mol. The number of carbonyl (C=O) groups is 1. The second-order valence-corrected chi connectivity index (χ2v) is 8.38. The van der Waals surface area contributed by atoms with E-state index in [-0.39, 0.29) is 29.0 Å². The Balaban J connectivity index is 0.00000261. The van der Waals surface area contributed by atoms with Crippen molar-refractivity contribution in [2.24, 2.45) is 5.41 Å². The van der Waals surface area contributed by atoms with Crippen LogP contribution in [0.2, 0.25) is 0 Å². The van der Waals surface area contributed by atoms with Crippen molar-refractivity contribution in [1.82, 2.24) is 20.6 Å². The number of amides is 1. The van der Waals surface area contributed by atoms with E-state index in [2.05, 4.69) is 27.5 Å². The van der Waals surface area contributed by atoms with Crippen molar-refractivity contribution in [1.29, 1.82) is 0 Å². The SMILES string of the molecule is COCC1(CNC(=O)CSC(C)c2nc3ccccc3[nH]2)CCNCC1.Cl. The van der Waals surface area contributed by atoms with Crippen molar-refractivity contribution < 1.29 is 9.53 Å². The van der Waals surface area contributed by atoms with Crippen LogP contribution in [-0.4, -0.2) is 55.0 Å². The predicted octanol–water partition coefficient (Wildman–Crippen LogP) is 2.91. The number of benzene rings is 1. The van der Waals surface area contributed by atoms with Crippen LogP contribution in [0.15, 0.2) is 24.3 Å². The van der Waals surface area contributed by atoms with Crippen molar-refractivity contribution in [3.63, 3.8) is 0 Å². The number of nitrogens with one attached hydrogen (secondary N) is 3. The van der Waals surface area contributed by atoms with E-state index in [0.717, 1.165) is 42.8 Å². The van der Waals surface area contributed by atoms with Gasteiger partial charge in [0.15, 0.2) is 0 Å². The fourth-order valence-corrected chi connectivity index (χ4v) is 4.19. The van der Waals surface area contributed by atoms with Crippen molar-refractivity contribution in [2.45, 2.75) is 25.0 Å². The normalized spacial score (nSPS) is 17.3. The zero-order valence-corrected chi connectivity index (χ0v) is 17.5. The first-order valence-corrected chi connectivity index (χ1v) is 10.2. The molecule has 1 fully saturated rings. The number of aromatic amines is 1. The van der Waals surface area contributed by atoms with Crippen molar-refractivity contribution >= 4 is 41.1 Å². The van der Waals surface area contributed by atoms with Crippen molar-refractivity contribution in [3.8, 4) is 0 Å². The molecule has 3 N–H and O–H groups in total. The number of para-hydroxylation sites is 2. The van der Waals surface area contributed by atoms with E-state index in [9.17, 15) is 4.79 Å². The Kier molecular flexibility index (Phi) is 8.41. The van der Waals surface area contributed by atoms with E-state index in [1.807, 2.05) is 24.3 Å². The van der Waals surface area contributed by atoms with Gasteiger partial charge in [-0.15, -0.1) is 24.2 Å². The van der Waals surface area contributed by atoms with E-state index in [1.165, 1.54) is 0 Å². The first-order chi connectivity index (χ1) is 12.6. The molecule has 1 amide bonds. The van der Waals surface area contributed by atoms with Crippen LogP contribution < -0.4 is 10.6 Å². The quantitative estimate of drug-likeness (QED) is 0.621. The highest BCUT2D eigenvalue weighted by Gasteiger charge is 2.32. The lowest BCUT2D eigenvalue weighted by molar-refractivity contribution is -0.119. The second kappa shape index (κ2) is 10.3. The number of carbonyl (C=O) groups excluding carboxylic acids is 1. The third-order valence-corrected chi connectivity index (χ3v) is 6.18. The third kappa shape index (κ3) is 5.85. The summed E-state index contributed by atoms with van der Waals surface area (Å²) in [4.78, 5) is 20.3. The summed E-state index contributed by atoms with van der Waals surface area (Å²) < 4.78 is 5.41. The monoisotopic (exact) mass is 412 g/mol. The molecule has 2 heterocycles. The smallest absolute Gasteiger partial charge is 0.230 e. The van der Waals surface area contributed by atoms with Gasteiger partial charge in [0.05, 0.1) is 28.6 Å². The molecule has 0 bridgehead atoms. The van der Waals surface area contributed by atoms with Crippen LogP contribution in [0.5, 0.6) is 0 Å². The first-order valence-electron chi connectivity index (χ1n) is 9.14. The Labute approximate surface area is 171 Å². The second-order valence-electron chi connectivity index (χ2n) is 7.05. The Bertz CT molecular complexity index is 695. The average molecular weight is 413 g/mol. The van der Waals surface area contributed by atoms with Crippen LogP contribution >= 0.6 is 24.2 Å². The Morgan fingerprint density at radius 3 is 2.81 bits per heavy atom. The maximum Gasteiger partial charge on any atom is 0.230 e. The molecule has 8 heteroatoms. The average Bonchev–Trinajstić information content (AvgIpc) is 3.10.